The summed E-state index contributed by atoms with van der Waals surface area (Å²) in [5, 5.41) is 2.55. The Morgan fingerprint density at radius 2 is 1.82 bits per heavy atom. The van der Waals surface area contributed by atoms with Gasteiger partial charge in [0.15, 0.2) is 0 Å². The lowest BCUT2D eigenvalue weighted by Gasteiger charge is -2.15. The minimum Gasteiger partial charge on any atom is -0.368 e. The average Bonchev–Trinajstić information content (AvgIpc) is 3.21. The molecule has 0 radical (unpaired) electrons. The standard InChI is InChI=1S/C15H17F3N2O2/c16-15(17,18)11-5-3-10(4-6-11)8-13(21)20-12(14(19)22)7-9-1-2-9/h3-6,9,12H,1-2,7-8H2,(H2,19,22)(H,20,21)/t12-/m1/s1. The minimum atomic E-state index is -4.40. The van der Waals surface area contributed by atoms with Gasteiger partial charge in [0.05, 0.1) is 12.0 Å². The molecule has 1 saturated carbocycles. The Morgan fingerprint density at radius 3 is 2.27 bits per heavy atom. The van der Waals surface area contributed by atoms with Gasteiger partial charge < -0.3 is 11.1 Å². The number of rotatable bonds is 6. The second kappa shape index (κ2) is 6.37. The molecule has 0 aliphatic heterocycles. The highest BCUT2D eigenvalue weighted by Gasteiger charge is 2.30. The van der Waals surface area contributed by atoms with Gasteiger partial charge in [0.1, 0.15) is 6.04 Å². The van der Waals surface area contributed by atoms with Gasteiger partial charge in [0.25, 0.3) is 0 Å². The first kappa shape index (κ1) is 16.3. The van der Waals surface area contributed by atoms with Gasteiger partial charge in [-0.15, -0.1) is 0 Å². The molecule has 0 bridgehead atoms. The third kappa shape index (κ3) is 4.75. The van der Waals surface area contributed by atoms with Crippen LogP contribution >= 0.6 is 0 Å². The normalized spacial score (nSPS) is 16.1. The van der Waals surface area contributed by atoms with Crippen LogP contribution in [0.1, 0.15) is 30.4 Å². The zero-order valence-electron chi connectivity index (χ0n) is 11.8. The maximum absolute atomic E-state index is 12.4. The molecule has 1 fully saturated rings. The molecule has 2 amide bonds. The van der Waals surface area contributed by atoms with E-state index < -0.39 is 29.6 Å². The third-order valence-electron chi connectivity index (χ3n) is 3.59. The molecule has 3 N–H and O–H groups in total. The lowest BCUT2D eigenvalue weighted by Crippen LogP contribution is -2.45. The van der Waals surface area contributed by atoms with Gasteiger partial charge in [-0.1, -0.05) is 25.0 Å². The second-order valence-corrected chi connectivity index (χ2v) is 5.57. The van der Waals surface area contributed by atoms with Crippen molar-refractivity contribution in [2.75, 3.05) is 0 Å². The highest BCUT2D eigenvalue weighted by molar-refractivity contribution is 5.87. The van der Waals surface area contributed by atoms with E-state index in [1.165, 1.54) is 12.1 Å². The van der Waals surface area contributed by atoms with E-state index in [1.807, 2.05) is 0 Å². The van der Waals surface area contributed by atoms with Crippen LogP contribution in [0.3, 0.4) is 0 Å². The van der Waals surface area contributed by atoms with Gasteiger partial charge >= 0.3 is 6.18 Å². The maximum Gasteiger partial charge on any atom is 0.416 e. The molecule has 1 aromatic carbocycles. The molecule has 0 heterocycles. The largest absolute Gasteiger partial charge is 0.416 e. The number of alkyl halides is 3. The number of halogens is 3. The van der Waals surface area contributed by atoms with Crippen LogP contribution in [-0.2, 0) is 22.2 Å². The summed E-state index contributed by atoms with van der Waals surface area (Å²) in [6, 6.07) is 3.65. The Bertz CT molecular complexity index is 551. The summed E-state index contributed by atoms with van der Waals surface area (Å²) >= 11 is 0. The Labute approximate surface area is 125 Å². The molecule has 7 heteroatoms. The summed E-state index contributed by atoms with van der Waals surface area (Å²) in [6.07, 6.45) is -1.92. The number of carbonyl (C=O) groups is 2. The predicted octanol–water partition coefficient (Wildman–Crippen LogP) is 2.02. The summed E-state index contributed by atoms with van der Waals surface area (Å²) in [7, 11) is 0. The van der Waals surface area contributed by atoms with Gasteiger partial charge in [-0.2, -0.15) is 13.2 Å². The molecule has 0 saturated heterocycles. The molecular formula is C15H17F3N2O2. The van der Waals surface area contributed by atoms with Gasteiger partial charge in [-0.3, -0.25) is 9.59 Å². The van der Waals surface area contributed by atoms with Crippen molar-refractivity contribution >= 4 is 11.8 Å². The van der Waals surface area contributed by atoms with Crippen LogP contribution in [0.2, 0.25) is 0 Å². The molecule has 1 aliphatic rings. The highest BCUT2D eigenvalue weighted by atomic mass is 19.4. The van der Waals surface area contributed by atoms with Crippen LogP contribution in [0.4, 0.5) is 13.2 Å². The fraction of sp³-hybridized carbons (Fsp3) is 0.467. The molecule has 22 heavy (non-hydrogen) atoms. The fourth-order valence-corrected chi connectivity index (χ4v) is 2.18. The number of nitrogens with two attached hydrogens (primary N) is 1. The third-order valence-corrected chi connectivity index (χ3v) is 3.59. The molecule has 1 aromatic rings. The van der Waals surface area contributed by atoms with Crippen molar-refractivity contribution in [3.05, 3.63) is 35.4 Å². The van der Waals surface area contributed by atoms with Crippen LogP contribution in [-0.4, -0.2) is 17.9 Å². The minimum absolute atomic E-state index is 0.0907. The molecule has 2 rings (SSSR count). The van der Waals surface area contributed by atoms with Crippen molar-refractivity contribution < 1.29 is 22.8 Å². The number of amides is 2. The summed E-state index contributed by atoms with van der Waals surface area (Å²) in [5.41, 5.74) is 4.92. The predicted molar refractivity (Wildman–Crippen MR) is 73.6 cm³/mol. The smallest absolute Gasteiger partial charge is 0.368 e. The lowest BCUT2D eigenvalue weighted by atomic mass is 10.1. The Balaban J connectivity index is 1.91. The first-order chi connectivity index (χ1) is 10.3. The van der Waals surface area contributed by atoms with E-state index in [-0.39, 0.29) is 6.42 Å². The molecule has 0 unspecified atom stereocenters. The van der Waals surface area contributed by atoms with Crippen molar-refractivity contribution in [3.8, 4) is 0 Å². The first-order valence-electron chi connectivity index (χ1n) is 7.00. The zero-order valence-corrected chi connectivity index (χ0v) is 11.8. The number of benzene rings is 1. The molecule has 120 valence electrons. The molecule has 0 aromatic heterocycles. The molecule has 4 nitrogen and oxygen atoms in total. The van der Waals surface area contributed by atoms with Crippen LogP contribution in [0.15, 0.2) is 24.3 Å². The number of nitrogens with one attached hydrogen (secondary N) is 1. The average molecular weight is 314 g/mol. The quantitative estimate of drug-likeness (QED) is 0.843. The molecule has 0 spiro atoms. The number of hydrogen-bond acceptors (Lipinski definition) is 2. The molecule has 1 aliphatic carbocycles. The van der Waals surface area contributed by atoms with Crippen molar-refractivity contribution in [2.24, 2.45) is 11.7 Å². The zero-order chi connectivity index (χ0) is 16.3. The van der Waals surface area contributed by atoms with Crippen molar-refractivity contribution in [2.45, 2.75) is 37.9 Å². The van der Waals surface area contributed by atoms with Crippen LogP contribution in [0, 0.1) is 5.92 Å². The van der Waals surface area contributed by atoms with Gasteiger partial charge in [-0.25, -0.2) is 0 Å². The van der Waals surface area contributed by atoms with E-state index in [1.54, 1.807) is 0 Å². The number of primary amides is 1. The van der Waals surface area contributed by atoms with E-state index >= 15 is 0 Å². The molecule has 1 atom stereocenters. The number of hydrogen-bond donors (Lipinski definition) is 2. The Kier molecular flexibility index (Phi) is 4.73. The van der Waals surface area contributed by atoms with E-state index in [0.29, 0.717) is 17.9 Å². The van der Waals surface area contributed by atoms with Crippen molar-refractivity contribution in [1.29, 1.82) is 0 Å². The van der Waals surface area contributed by atoms with Gasteiger partial charge in [0.2, 0.25) is 11.8 Å². The summed E-state index contributed by atoms with van der Waals surface area (Å²) in [6.45, 7) is 0. The fourth-order valence-electron chi connectivity index (χ4n) is 2.18. The Hall–Kier alpha value is -2.05. The van der Waals surface area contributed by atoms with Crippen LogP contribution < -0.4 is 11.1 Å². The van der Waals surface area contributed by atoms with E-state index in [9.17, 15) is 22.8 Å². The topological polar surface area (TPSA) is 72.2 Å². The van der Waals surface area contributed by atoms with E-state index in [2.05, 4.69) is 5.32 Å². The van der Waals surface area contributed by atoms with Crippen LogP contribution in [0.5, 0.6) is 0 Å². The summed E-state index contributed by atoms with van der Waals surface area (Å²) < 4.78 is 37.3. The number of carbonyl (C=O) groups excluding carboxylic acids is 2. The van der Waals surface area contributed by atoms with E-state index in [4.69, 9.17) is 5.73 Å². The van der Waals surface area contributed by atoms with E-state index in [0.717, 1.165) is 25.0 Å². The van der Waals surface area contributed by atoms with Crippen molar-refractivity contribution in [3.63, 3.8) is 0 Å². The SMILES string of the molecule is NC(=O)[C@@H](CC1CC1)NC(=O)Cc1ccc(C(F)(F)F)cc1. The highest BCUT2D eigenvalue weighted by Crippen LogP contribution is 2.33. The maximum atomic E-state index is 12.4. The van der Waals surface area contributed by atoms with Gasteiger partial charge in [-0.05, 0) is 30.0 Å². The Morgan fingerprint density at radius 1 is 1.23 bits per heavy atom. The monoisotopic (exact) mass is 314 g/mol. The second-order valence-electron chi connectivity index (χ2n) is 5.57. The first-order valence-corrected chi connectivity index (χ1v) is 7.00. The lowest BCUT2D eigenvalue weighted by molar-refractivity contribution is -0.137. The van der Waals surface area contributed by atoms with Crippen molar-refractivity contribution in [1.82, 2.24) is 5.32 Å². The molecular weight excluding hydrogens is 297 g/mol. The van der Waals surface area contributed by atoms with Gasteiger partial charge in [0, 0.05) is 0 Å². The summed E-state index contributed by atoms with van der Waals surface area (Å²) in [5.74, 6) is -0.597. The van der Waals surface area contributed by atoms with Crippen LogP contribution in [0.25, 0.3) is 0 Å². The summed E-state index contributed by atoms with van der Waals surface area (Å²) in [4.78, 5) is 23.2.